The summed E-state index contributed by atoms with van der Waals surface area (Å²) in [6, 6.07) is 3.24. The van der Waals surface area contributed by atoms with E-state index in [0.29, 0.717) is 15.6 Å². The topological polar surface area (TPSA) is 29.1 Å². The van der Waals surface area contributed by atoms with E-state index in [1.165, 1.54) is 0 Å². The van der Waals surface area contributed by atoms with Crippen molar-refractivity contribution in [3.8, 4) is 0 Å². The van der Waals surface area contributed by atoms with E-state index < -0.39 is 0 Å². The molecule has 0 heterocycles. The number of benzene rings is 1. The fraction of sp³-hybridized carbons (Fsp3) is 0.462. The largest absolute Gasteiger partial charge is 0.355 e. The van der Waals surface area contributed by atoms with Crippen molar-refractivity contribution in [2.75, 3.05) is 7.05 Å². The van der Waals surface area contributed by atoms with Gasteiger partial charge in [0.2, 0.25) is 0 Å². The number of rotatable bonds is 1. The summed E-state index contributed by atoms with van der Waals surface area (Å²) >= 11 is 11.5. The second kappa shape index (κ2) is 10.4. The van der Waals surface area contributed by atoms with Crippen LogP contribution in [0.4, 0.5) is 0 Å². The summed E-state index contributed by atoms with van der Waals surface area (Å²) in [4.78, 5) is 11.3. The summed E-state index contributed by atoms with van der Waals surface area (Å²) < 4.78 is 0. The molecule has 1 amide bonds. The number of hydrogen-bond donors (Lipinski definition) is 1. The van der Waals surface area contributed by atoms with E-state index in [-0.39, 0.29) is 5.91 Å². The first-order valence-corrected chi connectivity index (χ1v) is 6.49. The van der Waals surface area contributed by atoms with Gasteiger partial charge in [-0.05, 0) is 24.6 Å². The fourth-order valence-corrected chi connectivity index (χ4v) is 1.41. The minimum atomic E-state index is -0.156. The maximum Gasteiger partial charge on any atom is 0.251 e. The molecular formula is C13H21Cl2NO. The van der Waals surface area contributed by atoms with Crippen molar-refractivity contribution < 1.29 is 4.79 Å². The van der Waals surface area contributed by atoms with Gasteiger partial charge in [0.25, 0.3) is 5.91 Å². The van der Waals surface area contributed by atoms with Gasteiger partial charge in [0.15, 0.2) is 0 Å². The molecule has 98 valence electrons. The molecule has 1 aromatic rings. The Kier molecular flexibility index (Phi) is 11.4. The van der Waals surface area contributed by atoms with Crippen LogP contribution in [0.2, 0.25) is 10.0 Å². The number of nitrogens with one attached hydrogen (secondary N) is 1. The standard InChI is InChI=1S/C9H9Cl2NO.2C2H6/c1-5-3-7(10)8(11)4-6(5)9(13)12-2;2*1-2/h3-4H,1-2H3,(H,12,13);2*1-2H3. The summed E-state index contributed by atoms with van der Waals surface area (Å²) in [6.07, 6.45) is 0. The summed E-state index contributed by atoms with van der Waals surface area (Å²) in [5.41, 5.74) is 1.37. The molecular weight excluding hydrogens is 257 g/mol. The normalized spacial score (nSPS) is 8.24. The lowest BCUT2D eigenvalue weighted by Crippen LogP contribution is -2.18. The molecule has 0 aromatic heterocycles. The average Bonchev–Trinajstić information content (AvgIpc) is 2.37. The van der Waals surface area contributed by atoms with Crippen molar-refractivity contribution >= 4 is 29.1 Å². The lowest BCUT2D eigenvalue weighted by molar-refractivity contribution is 0.0962. The first-order valence-electron chi connectivity index (χ1n) is 5.74. The first-order chi connectivity index (χ1) is 8.06. The van der Waals surface area contributed by atoms with Gasteiger partial charge in [-0.2, -0.15) is 0 Å². The van der Waals surface area contributed by atoms with Gasteiger partial charge < -0.3 is 5.32 Å². The van der Waals surface area contributed by atoms with E-state index >= 15 is 0 Å². The minimum Gasteiger partial charge on any atom is -0.355 e. The van der Waals surface area contributed by atoms with Crippen LogP contribution in [0.1, 0.15) is 43.6 Å². The average molecular weight is 278 g/mol. The Labute approximate surface area is 114 Å². The second-order valence-corrected chi connectivity index (χ2v) is 3.47. The number of halogens is 2. The number of hydrogen-bond acceptors (Lipinski definition) is 1. The molecule has 1 N–H and O–H groups in total. The van der Waals surface area contributed by atoms with Gasteiger partial charge in [-0.15, -0.1) is 0 Å². The van der Waals surface area contributed by atoms with Crippen molar-refractivity contribution in [1.82, 2.24) is 5.32 Å². The molecule has 1 rings (SSSR count). The third-order valence-corrected chi connectivity index (χ3v) is 2.46. The Hall–Kier alpha value is -0.730. The number of carbonyl (C=O) groups excluding carboxylic acids is 1. The Balaban J connectivity index is 0. The molecule has 2 nitrogen and oxygen atoms in total. The van der Waals surface area contributed by atoms with Crippen LogP contribution >= 0.6 is 23.2 Å². The zero-order valence-electron chi connectivity index (χ0n) is 11.3. The molecule has 0 aliphatic rings. The van der Waals surface area contributed by atoms with Gasteiger partial charge in [-0.3, -0.25) is 4.79 Å². The van der Waals surface area contributed by atoms with Crippen LogP contribution < -0.4 is 5.32 Å². The van der Waals surface area contributed by atoms with Gasteiger partial charge >= 0.3 is 0 Å². The molecule has 0 aliphatic carbocycles. The molecule has 17 heavy (non-hydrogen) atoms. The highest BCUT2D eigenvalue weighted by atomic mass is 35.5. The number of aryl methyl sites for hydroxylation is 1. The number of carbonyl (C=O) groups is 1. The molecule has 0 spiro atoms. The first kappa shape index (κ1) is 18.6. The van der Waals surface area contributed by atoms with Crippen molar-refractivity contribution in [3.63, 3.8) is 0 Å². The summed E-state index contributed by atoms with van der Waals surface area (Å²) in [7, 11) is 1.57. The minimum absolute atomic E-state index is 0.156. The predicted octanol–water partition coefficient (Wildman–Crippen LogP) is 4.71. The fourth-order valence-electron chi connectivity index (χ4n) is 1.03. The SMILES string of the molecule is CC.CC.CNC(=O)c1cc(Cl)c(Cl)cc1C. The van der Waals surface area contributed by atoms with Crippen LogP contribution in [0.25, 0.3) is 0 Å². The van der Waals surface area contributed by atoms with Crippen molar-refractivity contribution in [3.05, 3.63) is 33.3 Å². The molecule has 1 aromatic carbocycles. The monoisotopic (exact) mass is 277 g/mol. The second-order valence-electron chi connectivity index (χ2n) is 2.66. The van der Waals surface area contributed by atoms with E-state index in [0.717, 1.165) is 5.56 Å². The third-order valence-electron chi connectivity index (χ3n) is 1.74. The van der Waals surface area contributed by atoms with E-state index in [2.05, 4.69) is 5.32 Å². The molecule has 0 unspecified atom stereocenters. The molecule has 0 atom stereocenters. The van der Waals surface area contributed by atoms with Gasteiger partial charge in [-0.25, -0.2) is 0 Å². The highest BCUT2D eigenvalue weighted by molar-refractivity contribution is 6.42. The molecule has 0 saturated heterocycles. The van der Waals surface area contributed by atoms with E-state index in [1.807, 2.05) is 34.6 Å². The Morgan fingerprint density at radius 2 is 1.47 bits per heavy atom. The van der Waals surface area contributed by atoms with Gasteiger partial charge in [0.05, 0.1) is 10.0 Å². The molecule has 0 bridgehead atoms. The predicted molar refractivity (Wildman–Crippen MR) is 77.3 cm³/mol. The van der Waals surface area contributed by atoms with Crippen LogP contribution in [0.5, 0.6) is 0 Å². The molecule has 0 radical (unpaired) electrons. The van der Waals surface area contributed by atoms with Gasteiger partial charge in [0.1, 0.15) is 0 Å². The quantitative estimate of drug-likeness (QED) is 0.791. The summed E-state index contributed by atoms with van der Waals surface area (Å²) in [5, 5.41) is 3.39. The highest BCUT2D eigenvalue weighted by Crippen LogP contribution is 2.25. The van der Waals surface area contributed by atoms with Gasteiger partial charge in [-0.1, -0.05) is 50.9 Å². The van der Waals surface area contributed by atoms with Crippen LogP contribution in [-0.2, 0) is 0 Å². The van der Waals surface area contributed by atoms with Crippen LogP contribution in [0, 0.1) is 6.92 Å². The summed E-state index contributed by atoms with van der Waals surface area (Å²) in [6.45, 7) is 9.81. The van der Waals surface area contributed by atoms with Crippen molar-refractivity contribution in [2.45, 2.75) is 34.6 Å². The Morgan fingerprint density at radius 3 is 1.88 bits per heavy atom. The van der Waals surface area contributed by atoms with Crippen LogP contribution in [0.3, 0.4) is 0 Å². The smallest absolute Gasteiger partial charge is 0.251 e. The molecule has 0 fully saturated rings. The van der Waals surface area contributed by atoms with E-state index in [4.69, 9.17) is 23.2 Å². The van der Waals surface area contributed by atoms with Crippen LogP contribution in [0.15, 0.2) is 12.1 Å². The zero-order valence-corrected chi connectivity index (χ0v) is 12.8. The van der Waals surface area contributed by atoms with E-state index in [1.54, 1.807) is 19.2 Å². The summed E-state index contributed by atoms with van der Waals surface area (Å²) in [5.74, 6) is -0.156. The molecule has 0 aliphatic heterocycles. The highest BCUT2D eigenvalue weighted by Gasteiger charge is 2.09. The maximum absolute atomic E-state index is 11.3. The van der Waals surface area contributed by atoms with Gasteiger partial charge in [0, 0.05) is 12.6 Å². The lowest BCUT2D eigenvalue weighted by atomic mass is 10.1. The molecule has 4 heteroatoms. The van der Waals surface area contributed by atoms with E-state index in [9.17, 15) is 4.79 Å². The Bertz CT molecular complexity index is 352. The third kappa shape index (κ3) is 5.94. The van der Waals surface area contributed by atoms with Crippen molar-refractivity contribution in [2.24, 2.45) is 0 Å². The molecule has 0 saturated carbocycles. The Morgan fingerprint density at radius 1 is 1.06 bits per heavy atom. The van der Waals surface area contributed by atoms with Crippen LogP contribution in [-0.4, -0.2) is 13.0 Å². The lowest BCUT2D eigenvalue weighted by Gasteiger charge is -2.05. The van der Waals surface area contributed by atoms with Crippen molar-refractivity contribution in [1.29, 1.82) is 0 Å². The maximum atomic E-state index is 11.3. The zero-order chi connectivity index (χ0) is 14.0. The number of amides is 1.